The Bertz CT molecular complexity index is 1460. The number of nitrogens with one attached hydrogen (secondary N) is 1. The topological polar surface area (TPSA) is 98.3 Å². The first-order valence-corrected chi connectivity index (χ1v) is 10.3. The Hall–Kier alpha value is -3.75. The largest absolute Gasteiger partial charge is 0.436 e. The lowest BCUT2D eigenvalue weighted by Gasteiger charge is -2.05. The Labute approximate surface area is 184 Å². The van der Waals surface area contributed by atoms with Crippen molar-refractivity contribution in [1.82, 2.24) is 4.98 Å². The van der Waals surface area contributed by atoms with Gasteiger partial charge in [0.05, 0.1) is 9.95 Å². The fourth-order valence-electron chi connectivity index (χ4n) is 3.28. The number of aromatic nitrogens is 1. The minimum Gasteiger partial charge on any atom is -0.436 e. The fraction of sp³-hybridized carbons (Fsp3) is 0. The Kier molecular flexibility index (Phi) is 4.65. The first-order chi connectivity index (χ1) is 15.0. The summed E-state index contributed by atoms with van der Waals surface area (Å²) in [5, 5.41) is 14.8. The summed E-state index contributed by atoms with van der Waals surface area (Å²) in [6.45, 7) is 0. The minimum absolute atomic E-state index is 0.0820. The van der Waals surface area contributed by atoms with E-state index in [0.29, 0.717) is 32.8 Å². The molecule has 0 bridgehead atoms. The molecule has 7 nitrogen and oxygen atoms in total. The van der Waals surface area contributed by atoms with Crippen LogP contribution in [0.2, 0.25) is 5.02 Å². The molecule has 9 heteroatoms. The molecule has 0 aliphatic carbocycles. The molecule has 0 saturated carbocycles. The molecule has 2 aromatic heterocycles. The lowest BCUT2D eigenvalue weighted by Crippen LogP contribution is -2.10. The lowest BCUT2D eigenvalue weighted by atomic mass is 10.2. The van der Waals surface area contributed by atoms with Crippen molar-refractivity contribution in [2.24, 2.45) is 0 Å². The van der Waals surface area contributed by atoms with Gasteiger partial charge in [-0.3, -0.25) is 14.9 Å². The predicted octanol–water partition coefficient (Wildman–Crippen LogP) is 6.52. The van der Waals surface area contributed by atoms with Crippen molar-refractivity contribution in [3.8, 4) is 11.5 Å². The van der Waals surface area contributed by atoms with Crippen molar-refractivity contribution in [2.75, 3.05) is 5.32 Å². The van der Waals surface area contributed by atoms with Crippen molar-refractivity contribution in [2.45, 2.75) is 0 Å². The average Bonchev–Trinajstić information content (AvgIpc) is 3.35. The molecular formula is C22H12ClN3O4S. The number of halogens is 1. The number of hydrogen-bond acceptors (Lipinski definition) is 6. The van der Waals surface area contributed by atoms with Gasteiger partial charge in [-0.2, -0.15) is 0 Å². The zero-order chi connectivity index (χ0) is 21.5. The summed E-state index contributed by atoms with van der Waals surface area (Å²) in [7, 11) is 0. The highest BCUT2D eigenvalue weighted by molar-refractivity contribution is 7.22. The van der Waals surface area contributed by atoms with Crippen molar-refractivity contribution in [1.29, 1.82) is 0 Å². The number of non-ortho nitro benzene ring substituents is 1. The van der Waals surface area contributed by atoms with Gasteiger partial charge in [0.1, 0.15) is 15.1 Å². The van der Waals surface area contributed by atoms with Crippen LogP contribution in [0.4, 0.5) is 11.4 Å². The van der Waals surface area contributed by atoms with Crippen molar-refractivity contribution in [3.63, 3.8) is 0 Å². The number of amides is 1. The summed E-state index contributed by atoms with van der Waals surface area (Å²) in [5.41, 5.74) is 2.55. The molecule has 0 aliphatic heterocycles. The summed E-state index contributed by atoms with van der Waals surface area (Å²) in [6, 6.07) is 19.1. The maximum atomic E-state index is 12.9. The molecular weight excluding hydrogens is 438 g/mol. The second-order valence-corrected chi connectivity index (χ2v) is 8.08. The van der Waals surface area contributed by atoms with Crippen molar-refractivity contribution >= 4 is 61.4 Å². The smallest absolute Gasteiger partial charge is 0.287 e. The van der Waals surface area contributed by atoms with E-state index in [1.54, 1.807) is 30.3 Å². The number of nitro groups is 1. The molecule has 3 aromatic carbocycles. The van der Waals surface area contributed by atoms with Crippen LogP contribution in [0.25, 0.3) is 32.6 Å². The lowest BCUT2D eigenvalue weighted by molar-refractivity contribution is -0.382. The van der Waals surface area contributed by atoms with Crippen LogP contribution in [0.5, 0.6) is 0 Å². The van der Waals surface area contributed by atoms with Gasteiger partial charge in [0.2, 0.25) is 5.89 Å². The van der Waals surface area contributed by atoms with Crippen LogP contribution in [-0.4, -0.2) is 15.8 Å². The SMILES string of the molecule is O=C(Nc1cccc(-c2nc3ccccc3o2)c1)c1sc2c([N+](=O)[O-])cccc2c1Cl. The van der Waals surface area contributed by atoms with E-state index in [2.05, 4.69) is 10.3 Å². The van der Waals surface area contributed by atoms with Gasteiger partial charge >= 0.3 is 0 Å². The monoisotopic (exact) mass is 449 g/mol. The number of benzene rings is 3. The van der Waals surface area contributed by atoms with Gasteiger partial charge in [-0.15, -0.1) is 11.3 Å². The molecule has 0 spiro atoms. The van der Waals surface area contributed by atoms with Crippen LogP contribution in [0.15, 0.2) is 71.1 Å². The van der Waals surface area contributed by atoms with Crippen LogP contribution in [-0.2, 0) is 0 Å². The number of nitrogens with zero attached hydrogens (tertiary/aromatic N) is 2. The van der Waals surface area contributed by atoms with Gasteiger partial charge in [0.25, 0.3) is 11.6 Å². The molecule has 5 aromatic rings. The Balaban J connectivity index is 1.47. The Morgan fingerprint density at radius 1 is 1.10 bits per heavy atom. The summed E-state index contributed by atoms with van der Waals surface area (Å²) < 4.78 is 6.15. The predicted molar refractivity (Wildman–Crippen MR) is 121 cm³/mol. The number of oxazole rings is 1. The summed E-state index contributed by atoms with van der Waals surface area (Å²) in [4.78, 5) is 28.4. The third-order valence-corrected chi connectivity index (χ3v) is 6.43. The summed E-state index contributed by atoms with van der Waals surface area (Å²) >= 11 is 7.36. The van der Waals surface area contributed by atoms with E-state index in [9.17, 15) is 14.9 Å². The molecule has 0 saturated heterocycles. The molecule has 1 N–H and O–H groups in total. The van der Waals surface area contributed by atoms with Crippen LogP contribution >= 0.6 is 22.9 Å². The highest BCUT2D eigenvalue weighted by atomic mass is 35.5. The second kappa shape index (κ2) is 7.50. The van der Waals surface area contributed by atoms with Gasteiger partial charge in [0, 0.05) is 22.7 Å². The minimum atomic E-state index is -0.485. The molecule has 0 atom stereocenters. The number of thiophene rings is 1. The fourth-order valence-corrected chi connectivity index (χ4v) is 4.77. The zero-order valence-corrected chi connectivity index (χ0v) is 17.2. The molecule has 0 aliphatic rings. The van der Waals surface area contributed by atoms with Gasteiger partial charge < -0.3 is 9.73 Å². The van der Waals surface area contributed by atoms with Crippen molar-refractivity contribution < 1.29 is 14.1 Å². The number of para-hydroxylation sites is 2. The molecule has 0 fully saturated rings. The van der Waals surface area contributed by atoms with Crippen molar-refractivity contribution in [3.05, 3.63) is 86.7 Å². The van der Waals surface area contributed by atoms with Gasteiger partial charge in [-0.05, 0) is 30.3 Å². The molecule has 152 valence electrons. The average molecular weight is 450 g/mol. The van der Waals surface area contributed by atoms with E-state index in [1.165, 1.54) is 6.07 Å². The number of nitro benzene ring substituents is 1. The van der Waals surface area contributed by atoms with E-state index in [-0.39, 0.29) is 15.6 Å². The van der Waals surface area contributed by atoms with Gasteiger partial charge in [-0.25, -0.2) is 4.98 Å². The summed E-state index contributed by atoms with van der Waals surface area (Å²) in [5.74, 6) is -0.0111. The van der Waals surface area contributed by atoms with Gasteiger partial charge in [0.15, 0.2) is 5.58 Å². The number of carbonyl (C=O) groups excluding carboxylic acids is 1. The highest BCUT2D eigenvalue weighted by Gasteiger charge is 2.23. The molecule has 0 unspecified atom stereocenters. The van der Waals surface area contributed by atoms with Crippen LogP contribution in [0, 0.1) is 10.1 Å². The third-order valence-electron chi connectivity index (χ3n) is 4.70. The van der Waals surface area contributed by atoms with E-state index in [1.807, 2.05) is 30.3 Å². The molecule has 0 radical (unpaired) electrons. The number of fused-ring (bicyclic) bond motifs is 2. The maximum Gasteiger partial charge on any atom is 0.287 e. The van der Waals surface area contributed by atoms with E-state index in [0.717, 1.165) is 16.9 Å². The van der Waals surface area contributed by atoms with Gasteiger partial charge in [-0.1, -0.05) is 41.9 Å². The maximum absolute atomic E-state index is 12.9. The first-order valence-electron chi connectivity index (χ1n) is 9.14. The highest BCUT2D eigenvalue weighted by Crippen LogP contribution is 2.40. The zero-order valence-electron chi connectivity index (χ0n) is 15.7. The molecule has 1 amide bonds. The quantitative estimate of drug-likeness (QED) is 0.248. The third kappa shape index (κ3) is 3.41. The van der Waals surface area contributed by atoms with E-state index >= 15 is 0 Å². The standard InChI is InChI=1S/C22H12ClN3O4S/c23-18-14-7-4-9-16(26(28)29)19(14)31-20(18)21(27)24-13-6-3-5-12(11-13)22-25-15-8-1-2-10-17(15)30-22/h1-11H,(H,24,27). The van der Waals surface area contributed by atoms with Crippen LogP contribution in [0.3, 0.4) is 0 Å². The molecule has 5 rings (SSSR count). The Morgan fingerprint density at radius 3 is 2.71 bits per heavy atom. The second-order valence-electron chi connectivity index (χ2n) is 6.68. The first kappa shape index (κ1) is 19.2. The number of hydrogen-bond donors (Lipinski definition) is 1. The van der Waals surface area contributed by atoms with Crippen LogP contribution in [0.1, 0.15) is 9.67 Å². The molecule has 2 heterocycles. The summed E-state index contributed by atoms with van der Waals surface area (Å²) in [6.07, 6.45) is 0. The normalized spacial score (nSPS) is 11.1. The number of carbonyl (C=O) groups is 1. The van der Waals surface area contributed by atoms with E-state index < -0.39 is 10.8 Å². The van der Waals surface area contributed by atoms with Crippen LogP contribution < -0.4 is 5.32 Å². The number of anilines is 1. The molecule has 31 heavy (non-hydrogen) atoms. The number of rotatable bonds is 4. The Morgan fingerprint density at radius 2 is 1.90 bits per heavy atom. The van der Waals surface area contributed by atoms with E-state index in [4.69, 9.17) is 16.0 Å².